The molecular weight excluding hydrogens is 374 g/mol. The first kappa shape index (κ1) is 21.9. The van der Waals surface area contributed by atoms with Crippen molar-refractivity contribution in [1.82, 2.24) is 15.2 Å². The van der Waals surface area contributed by atoms with Crippen molar-refractivity contribution >= 4 is 23.2 Å². The molecule has 152 valence electrons. The van der Waals surface area contributed by atoms with Crippen LogP contribution in [0.1, 0.15) is 58.7 Å². The number of hydrogen-bond donors (Lipinski definition) is 1. The number of benzene rings is 1. The maximum atomic E-state index is 12.5. The van der Waals surface area contributed by atoms with Crippen LogP contribution in [0.3, 0.4) is 0 Å². The maximum absolute atomic E-state index is 12.5. The molecule has 0 radical (unpaired) electrons. The highest BCUT2D eigenvalue weighted by Crippen LogP contribution is 2.28. The molecule has 0 aliphatic rings. The van der Waals surface area contributed by atoms with E-state index in [1.54, 1.807) is 34.4 Å². The topological polar surface area (TPSA) is 71.5 Å². The van der Waals surface area contributed by atoms with Gasteiger partial charge in [0.25, 0.3) is 5.91 Å². The van der Waals surface area contributed by atoms with E-state index >= 15 is 0 Å². The van der Waals surface area contributed by atoms with E-state index in [1.807, 2.05) is 40.8 Å². The molecule has 2 rings (SSSR count). The SMILES string of the molecule is CCOc1ccccc1C(=O)NCCCC(=O)N(C)C(C)c1sc(C)nc1C. The Hall–Kier alpha value is -2.41. The molecular formula is C21H29N3O3S. The van der Waals surface area contributed by atoms with Gasteiger partial charge < -0.3 is 15.0 Å². The molecule has 1 aromatic carbocycles. The standard InChI is InChI=1S/C21H29N3O3S/c1-6-27-18-11-8-7-10-17(18)21(26)22-13-9-12-19(25)24(5)15(3)20-14(2)23-16(4)28-20/h7-8,10-11,15H,6,9,12-13H2,1-5H3,(H,22,26). The van der Waals surface area contributed by atoms with Crippen LogP contribution in [0.5, 0.6) is 5.75 Å². The largest absolute Gasteiger partial charge is 0.493 e. The van der Waals surface area contributed by atoms with Crippen molar-refractivity contribution in [3.8, 4) is 5.75 Å². The molecule has 2 amide bonds. The maximum Gasteiger partial charge on any atom is 0.255 e. The van der Waals surface area contributed by atoms with Crippen molar-refractivity contribution in [3.63, 3.8) is 0 Å². The van der Waals surface area contributed by atoms with E-state index in [-0.39, 0.29) is 17.9 Å². The van der Waals surface area contributed by atoms with Gasteiger partial charge in [-0.1, -0.05) is 12.1 Å². The first-order valence-electron chi connectivity index (χ1n) is 9.54. The third kappa shape index (κ3) is 5.55. The number of thiazole rings is 1. The van der Waals surface area contributed by atoms with E-state index in [1.165, 1.54) is 0 Å². The van der Waals surface area contributed by atoms with Gasteiger partial charge >= 0.3 is 0 Å². The summed E-state index contributed by atoms with van der Waals surface area (Å²) in [7, 11) is 1.82. The summed E-state index contributed by atoms with van der Waals surface area (Å²) in [5, 5.41) is 3.88. The first-order chi connectivity index (χ1) is 13.3. The molecule has 0 saturated heterocycles. The molecule has 0 aliphatic heterocycles. The number of rotatable bonds is 9. The van der Waals surface area contributed by atoms with Gasteiger partial charge in [0.15, 0.2) is 0 Å². The summed E-state index contributed by atoms with van der Waals surface area (Å²) in [6, 6.07) is 7.15. The lowest BCUT2D eigenvalue weighted by Gasteiger charge is -2.24. The summed E-state index contributed by atoms with van der Waals surface area (Å²) in [5.74, 6) is 0.443. The molecule has 1 aromatic heterocycles. The van der Waals surface area contributed by atoms with E-state index < -0.39 is 0 Å². The van der Waals surface area contributed by atoms with Crippen LogP contribution in [0.25, 0.3) is 0 Å². The van der Waals surface area contributed by atoms with Crippen LogP contribution in [-0.4, -0.2) is 41.9 Å². The number of amides is 2. The number of ether oxygens (including phenoxy) is 1. The minimum atomic E-state index is -0.186. The second kappa shape index (κ2) is 10.2. The zero-order chi connectivity index (χ0) is 20.7. The Morgan fingerprint density at radius 1 is 1.29 bits per heavy atom. The molecule has 1 atom stereocenters. The molecule has 0 spiro atoms. The van der Waals surface area contributed by atoms with Crippen LogP contribution in [0.2, 0.25) is 0 Å². The number of nitrogens with one attached hydrogen (secondary N) is 1. The van der Waals surface area contributed by atoms with Crippen molar-refractivity contribution in [1.29, 1.82) is 0 Å². The zero-order valence-electron chi connectivity index (χ0n) is 17.2. The van der Waals surface area contributed by atoms with Crippen LogP contribution < -0.4 is 10.1 Å². The molecule has 0 saturated carbocycles. The average molecular weight is 404 g/mol. The van der Waals surface area contributed by atoms with Gasteiger partial charge in [0, 0.05) is 24.9 Å². The number of para-hydroxylation sites is 1. The molecule has 6 nitrogen and oxygen atoms in total. The monoisotopic (exact) mass is 403 g/mol. The number of carbonyl (C=O) groups is 2. The Bertz CT molecular complexity index is 819. The van der Waals surface area contributed by atoms with Gasteiger partial charge in [0.05, 0.1) is 28.9 Å². The van der Waals surface area contributed by atoms with Crippen LogP contribution in [0.15, 0.2) is 24.3 Å². The summed E-state index contributed by atoms with van der Waals surface area (Å²) in [6.07, 6.45) is 0.962. The molecule has 2 aromatic rings. The van der Waals surface area contributed by atoms with Crippen LogP contribution in [0.4, 0.5) is 0 Å². The van der Waals surface area contributed by atoms with E-state index in [2.05, 4.69) is 10.3 Å². The average Bonchev–Trinajstić information content (AvgIpc) is 3.02. The van der Waals surface area contributed by atoms with Crippen molar-refractivity contribution < 1.29 is 14.3 Å². The normalized spacial score (nSPS) is 11.8. The Labute approximate surface area is 170 Å². The quantitative estimate of drug-likeness (QED) is 0.645. The summed E-state index contributed by atoms with van der Waals surface area (Å²) in [4.78, 5) is 32.2. The molecule has 0 fully saturated rings. The van der Waals surface area contributed by atoms with Crippen LogP contribution >= 0.6 is 11.3 Å². The zero-order valence-corrected chi connectivity index (χ0v) is 18.1. The van der Waals surface area contributed by atoms with E-state index in [9.17, 15) is 9.59 Å². The third-order valence-corrected chi connectivity index (χ3v) is 5.82. The number of nitrogens with zero attached hydrogens (tertiary/aromatic N) is 2. The number of aryl methyl sites for hydroxylation is 2. The lowest BCUT2D eigenvalue weighted by molar-refractivity contribution is -0.131. The van der Waals surface area contributed by atoms with E-state index in [0.29, 0.717) is 37.3 Å². The van der Waals surface area contributed by atoms with Crippen LogP contribution in [-0.2, 0) is 4.79 Å². The predicted octanol–water partition coefficient (Wildman–Crippen LogP) is 3.89. The molecule has 1 N–H and O–H groups in total. The smallest absolute Gasteiger partial charge is 0.255 e. The van der Waals surface area contributed by atoms with Gasteiger partial charge in [0.2, 0.25) is 5.91 Å². The van der Waals surface area contributed by atoms with Crippen molar-refractivity contribution in [2.75, 3.05) is 20.2 Å². The third-order valence-electron chi connectivity index (χ3n) is 4.58. The lowest BCUT2D eigenvalue weighted by atomic mass is 10.1. The fourth-order valence-corrected chi connectivity index (χ4v) is 4.00. The summed E-state index contributed by atoms with van der Waals surface area (Å²) < 4.78 is 5.49. The van der Waals surface area contributed by atoms with Crippen molar-refractivity contribution in [2.45, 2.75) is 46.6 Å². The lowest BCUT2D eigenvalue weighted by Crippen LogP contribution is -2.31. The molecule has 7 heteroatoms. The van der Waals surface area contributed by atoms with Gasteiger partial charge in [-0.05, 0) is 46.2 Å². The minimum absolute atomic E-state index is 0.00800. The fraction of sp³-hybridized carbons (Fsp3) is 0.476. The van der Waals surface area contributed by atoms with Gasteiger partial charge in [-0.25, -0.2) is 4.98 Å². The highest BCUT2D eigenvalue weighted by Gasteiger charge is 2.21. The molecule has 1 heterocycles. The van der Waals surface area contributed by atoms with Gasteiger partial charge in [0.1, 0.15) is 5.75 Å². The fourth-order valence-electron chi connectivity index (χ4n) is 2.98. The number of carbonyl (C=O) groups excluding carboxylic acids is 2. The Balaban J connectivity index is 1.82. The van der Waals surface area contributed by atoms with Crippen molar-refractivity contribution in [3.05, 3.63) is 45.4 Å². The highest BCUT2D eigenvalue weighted by molar-refractivity contribution is 7.11. The predicted molar refractivity (Wildman–Crippen MR) is 112 cm³/mol. The van der Waals surface area contributed by atoms with Gasteiger partial charge in [-0.15, -0.1) is 11.3 Å². The summed E-state index contributed by atoms with van der Waals surface area (Å²) in [6.45, 7) is 8.79. The Morgan fingerprint density at radius 2 is 2.00 bits per heavy atom. The molecule has 0 aliphatic carbocycles. The van der Waals surface area contributed by atoms with Gasteiger partial charge in [-0.2, -0.15) is 0 Å². The molecule has 1 unspecified atom stereocenters. The Kier molecular flexibility index (Phi) is 7.99. The number of aromatic nitrogens is 1. The second-order valence-corrected chi connectivity index (χ2v) is 7.89. The van der Waals surface area contributed by atoms with Crippen LogP contribution in [0, 0.1) is 13.8 Å². The highest BCUT2D eigenvalue weighted by atomic mass is 32.1. The Morgan fingerprint density at radius 3 is 2.64 bits per heavy atom. The first-order valence-corrected chi connectivity index (χ1v) is 10.4. The minimum Gasteiger partial charge on any atom is -0.493 e. The van der Waals surface area contributed by atoms with E-state index in [4.69, 9.17) is 4.74 Å². The van der Waals surface area contributed by atoms with E-state index in [0.717, 1.165) is 15.6 Å². The molecule has 0 bridgehead atoms. The number of hydrogen-bond acceptors (Lipinski definition) is 5. The van der Waals surface area contributed by atoms with Gasteiger partial charge in [-0.3, -0.25) is 9.59 Å². The summed E-state index contributed by atoms with van der Waals surface area (Å²) >= 11 is 1.63. The molecule has 28 heavy (non-hydrogen) atoms. The van der Waals surface area contributed by atoms with Crippen molar-refractivity contribution in [2.24, 2.45) is 0 Å². The summed E-state index contributed by atoms with van der Waals surface area (Å²) in [5.41, 5.74) is 1.49. The second-order valence-electron chi connectivity index (χ2n) is 6.65.